The van der Waals surface area contributed by atoms with Gasteiger partial charge in [0, 0.05) is 0 Å². The number of esters is 2. The summed E-state index contributed by atoms with van der Waals surface area (Å²) in [6.45, 7) is 4.56. The third kappa shape index (κ3) is 7.49. The maximum Gasteiger partial charge on any atom is 0.311 e. The summed E-state index contributed by atoms with van der Waals surface area (Å²) in [5, 5.41) is 0. The maximum atomic E-state index is 11.7. The molecule has 1 aromatic rings. The van der Waals surface area contributed by atoms with Crippen molar-refractivity contribution in [3.05, 3.63) is 29.8 Å². The molecule has 0 fully saturated rings. The number of aryl methyl sites for hydroxylation is 1. The minimum Gasteiger partial charge on any atom is -0.466 e. The third-order valence-corrected chi connectivity index (χ3v) is 3.08. The summed E-state index contributed by atoms with van der Waals surface area (Å²) in [5.41, 5.74) is 1.11. The lowest BCUT2D eigenvalue weighted by Crippen LogP contribution is -2.13. The van der Waals surface area contributed by atoms with Crippen LogP contribution in [0.5, 0.6) is 5.75 Å². The van der Waals surface area contributed by atoms with Crippen LogP contribution in [-0.2, 0) is 20.7 Å². The molecule has 4 heteroatoms. The van der Waals surface area contributed by atoms with Crippen LogP contribution in [0, 0.1) is 0 Å². The molecule has 0 aliphatic carbocycles. The van der Waals surface area contributed by atoms with Crippen LogP contribution in [-0.4, -0.2) is 18.5 Å². The van der Waals surface area contributed by atoms with E-state index in [0.29, 0.717) is 12.4 Å². The third-order valence-electron chi connectivity index (χ3n) is 3.08. The predicted molar refractivity (Wildman–Crippen MR) is 81.2 cm³/mol. The van der Waals surface area contributed by atoms with Gasteiger partial charge in [0.1, 0.15) is 5.75 Å². The first-order chi connectivity index (χ1) is 10.2. The van der Waals surface area contributed by atoms with Gasteiger partial charge in [0.05, 0.1) is 19.4 Å². The van der Waals surface area contributed by atoms with Crippen molar-refractivity contribution >= 4 is 11.9 Å². The Kier molecular flexibility index (Phi) is 8.17. The highest BCUT2D eigenvalue weighted by atomic mass is 16.5. The van der Waals surface area contributed by atoms with Gasteiger partial charge in [-0.1, -0.05) is 38.8 Å². The molecule has 0 unspecified atom stereocenters. The summed E-state index contributed by atoms with van der Waals surface area (Å²) in [6.07, 6.45) is 4.00. The molecule has 0 bridgehead atoms. The second-order valence-corrected chi connectivity index (χ2v) is 4.90. The number of ether oxygens (including phenoxy) is 2. The number of hydrogen-bond acceptors (Lipinski definition) is 4. The Bertz CT molecular complexity index is 454. The largest absolute Gasteiger partial charge is 0.466 e. The van der Waals surface area contributed by atoms with E-state index in [1.54, 1.807) is 6.07 Å². The van der Waals surface area contributed by atoms with E-state index in [0.717, 1.165) is 31.2 Å². The number of benzene rings is 1. The first kappa shape index (κ1) is 17.2. The fourth-order valence-corrected chi connectivity index (χ4v) is 1.83. The van der Waals surface area contributed by atoms with E-state index in [1.165, 1.54) is 0 Å². The minimum absolute atomic E-state index is 0.0446. The van der Waals surface area contributed by atoms with Gasteiger partial charge in [-0.15, -0.1) is 0 Å². The Labute approximate surface area is 126 Å². The van der Waals surface area contributed by atoms with E-state index in [1.807, 2.05) is 25.1 Å². The van der Waals surface area contributed by atoms with Gasteiger partial charge in [0.2, 0.25) is 0 Å². The fraction of sp³-hybridized carbons (Fsp3) is 0.529. The number of hydrogen-bond donors (Lipinski definition) is 0. The molecule has 0 aromatic heterocycles. The Balaban J connectivity index is 2.25. The van der Waals surface area contributed by atoms with Crippen LogP contribution in [0.25, 0.3) is 0 Å². The number of rotatable bonds is 9. The normalized spacial score (nSPS) is 10.2. The topological polar surface area (TPSA) is 52.6 Å². The fourth-order valence-electron chi connectivity index (χ4n) is 1.83. The van der Waals surface area contributed by atoms with Crippen LogP contribution in [0.1, 0.15) is 51.5 Å². The highest BCUT2D eigenvalue weighted by Gasteiger charge is 2.10. The molecule has 1 rings (SSSR count). The van der Waals surface area contributed by atoms with Crippen molar-refractivity contribution < 1.29 is 19.1 Å². The van der Waals surface area contributed by atoms with Crippen molar-refractivity contribution in [2.45, 2.75) is 52.4 Å². The van der Waals surface area contributed by atoms with Gasteiger partial charge in [-0.2, -0.15) is 0 Å². The van der Waals surface area contributed by atoms with Crippen molar-refractivity contribution in [2.75, 3.05) is 6.61 Å². The van der Waals surface area contributed by atoms with Gasteiger partial charge in [-0.3, -0.25) is 9.59 Å². The first-order valence-electron chi connectivity index (χ1n) is 7.61. The van der Waals surface area contributed by atoms with Gasteiger partial charge >= 0.3 is 11.9 Å². The van der Waals surface area contributed by atoms with Crippen LogP contribution >= 0.6 is 0 Å². The summed E-state index contributed by atoms with van der Waals surface area (Å²) < 4.78 is 10.2. The monoisotopic (exact) mass is 292 g/mol. The smallest absolute Gasteiger partial charge is 0.311 e. The highest BCUT2D eigenvalue weighted by Crippen LogP contribution is 2.14. The zero-order valence-corrected chi connectivity index (χ0v) is 12.9. The second-order valence-electron chi connectivity index (χ2n) is 4.90. The molecular weight excluding hydrogens is 268 g/mol. The first-order valence-corrected chi connectivity index (χ1v) is 7.61. The standard InChI is InChI=1S/C17H24O4/c1-3-5-6-12-20-16(18)10-11-17(19)21-15-9-7-8-14(4-2)13-15/h7-9,13H,3-6,10-12H2,1-2H3. The summed E-state index contributed by atoms with van der Waals surface area (Å²) in [7, 11) is 0. The molecule has 0 radical (unpaired) electrons. The highest BCUT2D eigenvalue weighted by molar-refractivity contribution is 5.79. The van der Waals surface area contributed by atoms with Gasteiger partial charge in [0.15, 0.2) is 0 Å². The van der Waals surface area contributed by atoms with Gasteiger partial charge in [0.25, 0.3) is 0 Å². The van der Waals surface area contributed by atoms with E-state index in [4.69, 9.17) is 9.47 Å². The molecule has 0 N–H and O–H groups in total. The summed E-state index contributed by atoms with van der Waals surface area (Å²) in [5.74, 6) is -0.227. The zero-order chi connectivity index (χ0) is 15.5. The molecule has 116 valence electrons. The average Bonchev–Trinajstić information content (AvgIpc) is 2.50. The Hall–Kier alpha value is -1.84. The van der Waals surface area contributed by atoms with Gasteiger partial charge in [-0.05, 0) is 30.5 Å². The molecule has 0 atom stereocenters. The molecule has 0 saturated carbocycles. The van der Waals surface area contributed by atoms with Crippen LogP contribution in [0.4, 0.5) is 0 Å². The van der Waals surface area contributed by atoms with Crippen molar-refractivity contribution in [1.82, 2.24) is 0 Å². The molecule has 0 spiro atoms. The SMILES string of the molecule is CCCCCOC(=O)CCC(=O)Oc1cccc(CC)c1. The molecule has 0 heterocycles. The molecule has 1 aromatic carbocycles. The Morgan fingerprint density at radius 1 is 1.05 bits per heavy atom. The van der Waals surface area contributed by atoms with Gasteiger partial charge in [-0.25, -0.2) is 0 Å². The summed E-state index contributed by atoms with van der Waals surface area (Å²) in [4.78, 5) is 23.1. The van der Waals surface area contributed by atoms with Crippen LogP contribution < -0.4 is 4.74 Å². The van der Waals surface area contributed by atoms with Crippen LogP contribution in [0.2, 0.25) is 0 Å². The van der Waals surface area contributed by atoms with Crippen molar-refractivity contribution in [1.29, 1.82) is 0 Å². The lowest BCUT2D eigenvalue weighted by atomic mass is 10.2. The molecular formula is C17H24O4. The molecule has 4 nitrogen and oxygen atoms in total. The van der Waals surface area contributed by atoms with E-state index in [2.05, 4.69) is 6.92 Å². The van der Waals surface area contributed by atoms with E-state index in [-0.39, 0.29) is 18.8 Å². The lowest BCUT2D eigenvalue weighted by molar-refractivity contribution is -0.147. The van der Waals surface area contributed by atoms with Crippen LogP contribution in [0.3, 0.4) is 0 Å². The molecule has 21 heavy (non-hydrogen) atoms. The van der Waals surface area contributed by atoms with E-state index >= 15 is 0 Å². The van der Waals surface area contributed by atoms with Crippen molar-refractivity contribution in [3.63, 3.8) is 0 Å². The minimum atomic E-state index is -0.409. The lowest BCUT2D eigenvalue weighted by Gasteiger charge is -2.06. The maximum absolute atomic E-state index is 11.7. The van der Waals surface area contributed by atoms with Crippen molar-refractivity contribution in [2.24, 2.45) is 0 Å². The number of carbonyl (C=O) groups excluding carboxylic acids is 2. The van der Waals surface area contributed by atoms with E-state index < -0.39 is 5.97 Å². The Morgan fingerprint density at radius 2 is 1.81 bits per heavy atom. The second kappa shape index (κ2) is 9.97. The van der Waals surface area contributed by atoms with Crippen LogP contribution in [0.15, 0.2) is 24.3 Å². The molecule has 0 aliphatic rings. The van der Waals surface area contributed by atoms with Crippen molar-refractivity contribution in [3.8, 4) is 5.75 Å². The average molecular weight is 292 g/mol. The summed E-state index contributed by atoms with van der Waals surface area (Å²) >= 11 is 0. The van der Waals surface area contributed by atoms with E-state index in [9.17, 15) is 9.59 Å². The number of carbonyl (C=O) groups is 2. The van der Waals surface area contributed by atoms with Gasteiger partial charge < -0.3 is 9.47 Å². The zero-order valence-electron chi connectivity index (χ0n) is 12.9. The number of unbranched alkanes of at least 4 members (excludes halogenated alkanes) is 2. The quantitative estimate of drug-likeness (QED) is 0.396. The summed E-state index contributed by atoms with van der Waals surface area (Å²) in [6, 6.07) is 7.40. The molecule has 0 amide bonds. The predicted octanol–water partition coefficient (Wildman–Crippen LogP) is 3.67. The molecule has 0 saturated heterocycles. The Morgan fingerprint density at radius 3 is 2.52 bits per heavy atom. The molecule has 0 aliphatic heterocycles.